The zero-order valence-electron chi connectivity index (χ0n) is 14.9. The van der Waals surface area contributed by atoms with E-state index in [2.05, 4.69) is 4.98 Å². The Hall–Kier alpha value is -4.33. The fraction of sp³-hybridized carbons (Fsp3) is 0. The highest BCUT2D eigenvalue weighted by atomic mass is 16.3. The molecule has 0 bridgehead atoms. The number of primary amides is 1. The van der Waals surface area contributed by atoms with Crippen molar-refractivity contribution in [3.8, 4) is 28.6 Å². The summed E-state index contributed by atoms with van der Waals surface area (Å²) < 4.78 is 5.51. The van der Waals surface area contributed by atoms with Gasteiger partial charge in [0.15, 0.2) is 16.9 Å². The number of benzene rings is 2. The van der Waals surface area contributed by atoms with Crippen LogP contribution in [-0.2, 0) is 0 Å². The topological polar surface area (TPSA) is 147 Å². The second kappa shape index (κ2) is 8.13. The van der Waals surface area contributed by atoms with Gasteiger partial charge in [0.25, 0.3) is 0 Å². The van der Waals surface area contributed by atoms with Crippen molar-refractivity contribution in [1.29, 1.82) is 0 Å². The number of aromatic hydroxyl groups is 3. The maximum absolute atomic E-state index is 12.0. The number of nitrogens with two attached hydrogens (primary N) is 1. The SMILES string of the molecule is NC(=O)c1cccnc1.O=c1cc(-c2ccccc2)oc2cc(O)c(O)c(O)c12. The van der Waals surface area contributed by atoms with Crippen LogP contribution in [0.2, 0.25) is 0 Å². The lowest BCUT2D eigenvalue weighted by atomic mass is 10.1. The highest BCUT2D eigenvalue weighted by Gasteiger charge is 2.17. The zero-order chi connectivity index (χ0) is 21.0. The smallest absolute Gasteiger partial charge is 0.250 e. The fourth-order valence-electron chi connectivity index (χ4n) is 2.53. The molecule has 2 aromatic heterocycles. The van der Waals surface area contributed by atoms with E-state index in [0.717, 1.165) is 6.07 Å². The maximum atomic E-state index is 12.0. The van der Waals surface area contributed by atoms with E-state index in [-0.39, 0.29) is 11.0 Å². The molecule has 0 fully saturated rings. The van der Waals surface area contributed by atoms with Gasteiger partial charge in [-0.3, -0.25) is 14.6 Å². The molecular weight excluding hydrogens is 376 g/mol. The Labute approximate surface area is 164 Å². The number of phenols is 3. The van der Waals surface area contributed by atoms with Crippen molar-refractivity contribution in [2.75, 3.05) is 0 Å². The van der Waals surface area contributed by atoms with Crippen LogP contribution in [0.5, 0.6) is 17.2 Å². The number of aromatic nitrogens is 1. The van der Waals surface area contributed by atoms with Crippen LogP contribution in [0, 0.1) is 0 Å². The largest absolute Gasteiger partial charge is 0.504 e. The first-order valence-electron chi connectivity index (χ1n) is 8.35. The second-order valence-corrected chi connectivity index (χ2v) is 5.91. The van der Waals surface area contributed by atoms with E-state index >= 15 is 0 Å². The molecule has 8 nitrogen and oxygen atoms in total. The summed E-state index contributed by atoms with van der Waals surface area (Å²) in [7, 11) is 0. The summed E-state index contributed by atoms with van der Waals surface area (Å²) in [6, 6.07) is 14.6. The van der Waals surface area contributed by atoms with Crippen molar-refractivity contribution in [2.24, 2.45) is 5.73 Å². The number of fused-ring (bicyclic) bond motifs is 1. The van der Waals surface area contributed by atoms with Gasteiger partial charge in [-0.15, -0.1) is 0 Å². The lowest BCUT2D eigenvalue weighted by Gasteiger charge is -2.06. The van der Waals surface area contributed by atoms with E-state index < -0.39 is 28.6 Å². The van der Waals surface area contributed by atoms with Crippen LogP contribution < -0.4 is 11.2 Å². The summed E-state index contributed by atoms with van der Waals surface area (Å²) in [4.78, 5) is 26.1. The Kier molecular flexibility index (Phi) is 5.45. The van der Waals surface area contributed by atoms with Crippen LogP contribution in [-0.4, -0.2) is 26.2 Å². The fourth-order valence-corrected chi connectivity index (χ4v) is 2.53. The number of nitrogens with zero attached hydrogens (tertiary/aromatic N) is 1. The molecule has 0 aliphatic heterocycles. The molecule has 29 heavy (non-hydrogen) atoms. The van der Waals surface area contributed by atoms with E-state index in [4.69, 9.17) is 10.2 Å². The molecule has 8 heteroatoms. The van der Waals surface area contributed by atoms with E-state index in [9.17, 15) is 24.9 Å². The van der Waals surface area contributed by atoms with Crippen molar-refractivity contribution in [1.82, 2.24) is 4.98 Å². The number of amides is 1. The van der Waals surface area contributed by atoms with Crippen LogP contribution in [0.25, 0.3) is 22.3 Å². The zero-order valence-corrected chi connectivity index (χ0v) is 14.9. The molecular formula is C21H16N2O6. The molecule has 2 heterocycles. The minimum absolute atomic E-state index is 0.00385. The number of carbonyl (C=O) groups excluding carboxylic acids is 1. The highest BCUT2D eigenvalue weighted by Crippen LogP contribution is 2.40. The second-order valence-electron chi connectivity index (χ2n) is 5.91. The normalized spacial score (nSPS) is 10.2. The van der Waals surface area contributed by atoms with Crippen LogP contribution in [0.1, 0.15) is 10.4 Å². The molecule has 1 amide bonds. The van der Waals surface area contributed by atoms with Gasteiger partial charge in [0.1, 0.15) is 16.7 Å². The third-order valence-electron chi connectivity index (χ3n) is 3.95. The highest BCUT2D eigenvalue weighted by molar-refractivity contribution is 5.92. The van der Waals surface area contributed by atoms with Crippen molar-refractivity contribution < 1.29 is 24.5 Å². The van der Waals surface area contributed by atoms with Crippen molar-refractivity contribution >= 4 is 16.9 Å². The average molecular weight is 392 g/mol. The Bertz CT molecular complexity index is 1220. The van der Waals surface area contributed by atoms with Crippen LogP contribution >= 0.6 is 0 Å². The van der Waals surface area contributed by atoms with E-state index in [0.29, 0.717) is 16.9 Å². The molecule has 2 aromatic carbocycles. The Morgan fingerprint density at radius 3 is 2.28 bits per heavy atom. The molecule has 0 aliphatic carbocycles. The number of pyridine rings is 1. The lowest BCUT2D eigenvalue weighted by Crippen LogP contribution is -2.10. The maximum Gasteiger partial charge on any atom is 0.250 e. The van der Waals surface area contributed by atoms with Gasteiger partial charge in [0, 0.05) is 30.1 Å². The average Bonchev–Trinajstić information content (AvgIpc) is 2.73. The summed E-state index contributed by atoms with van der Waals surface area (Å²) in [5.74, 6) is -2.11. The molecule has 4 rings (SSSR count). The van der Waals surface area contributed by atoms with Gasteiger partial charge in [-0.25, -0.2) is 0 Å². The van der Waals surface area contributed by atoms with Crippen LogP contribution in [0.3, 0.4) is 0 Å². The summed E-state index contributed by atoms with van der Waals surface area (Å²) in [6.45, 7) is 0. The molecule has 146 valence electrons. The molecule has 4 aromatic rings. The predicted octanol–water partition coefficient (Wildman–Crippen LogP) is 2.76. The molecule has 5 N–H and O–H groups in total. The summed E-state index contributed by atoms with van der Waals surface area (Å²) in [5.41, 5.74) is 5.57. The summed E-state index contributed by atoms with van der Waals surface area (Å²) >= 11 is 0. The molecule has 0 saturated carbocycles. The van der Waals surface area contributed by atoms with Gasteiger partial charge in [-0.2, -0.15) is 0 Å². The monoisotopic (exact) mass is 392 g/mol. The van der Waals surface area contributed by atoms with Crippen LogP contribution in [0.15, 0.2) is 76.2 Å². The van der Waals surface area contributed by atoms with Gasteiger partial charge in [0.05, 0.1) is 5.56 Å². The van der Waals surface area contributed by atoms with Crippen molar-refractivity contribution in [3.05, 3.63) is 82.8 Å². The molecule has 0 radical (unpaired) electrons. The first kappa shape index (κ1) is 19.4. The van der Waals surface area contributed by atoms with Crippen molar-refractivity contribution in [3.63, 3.8) is 0 Å². The van der Waals surface area contributed by atoms with E-state index in [1.54, 1.807) is 42.6 Å². The Balaban J connectivity index is 0.000000224. The molecule has 0 unspecified atom stereocenters. The lowest BCUT2D eigenvalue weighted by molar-refractivity contribution is 0.1000. The van der Waals surface area contributed by atoms with Gasteiger partial charge < -0.3 is 25.5 Å². The summed E-state index contributed by atoms with van der Waals surface area (Å²) in [6.07, 6.45) is 3.02. The predicted molar refractivity (Wildman–Crippen MR) is 106 cm³/mol. The Morgan fingerprint density at radius 2 is 1.69 bits per heavy atom. The minimum atomic E-state index is -0.739. The summed E-state index contributed by atoms with van der Waals surface area (Å²) in [5, 5.41) is 28.5. The molecule has 0 spiro atoms. The van der Waals surface area contributed by atoms with Gasteiger partial charge in [-0.1, -0.05) is 30.3 Å². The minimum Gasteiger partial charge on any atom is -0.504 e. The Morgan fingerprint density at radius 1 is 0.966 bits per heavy atom. The van der Waals surface area contributed by atoms with Gasteiger partial charge in [-0.05, 0) is 12.1 Å². The standard InChI is InChI=1S/C15H10O5.C6H6N2O/c16-9-6-11(8-4-2-1-3-5-8)20-12-7-10(17)14(18)15(19)13(9)12;7-6(9)5-2-1-3-8-4-5/h1-7,17-19H;1-4H,(H2,7,9). The number of hydrogen-bond acceptors (Lipinski definition) is 7. The number of hydrogen-bond donors (Lipinski definition) is 4. The number of carbonyl (C=O) groups is 1. The van der Waals surface area contributed by atoms with Crippen LogP contribution in [0.4, 0.5) is 0 Å². The van der Waals surface area contributed by atoms with Gasteiger partial charge >= 0.3 is 0 Å². The molecule has 0 aliphatic rings. The van der Waals surface area contributed by atoms with E-state index in [1.807, 2.05) is 6.07 Å². The van der Waals surface area contributed by atoms with Gasteiger partial charge in [0.2, 0.25) is 11.7 Å². The molecule has 0 saturated heterocycles. The number of rotatable bonds is 2. The first-order chi connectivity index (χ1) is 13.9. The first-order valence-corrected chi connectivity index (χ1v) is 8.35. The third kappa shape index (κ3) is 4.16. The third-order valence-corrected chi connectivity index (χ3v) is 3.95. The van der Waals surface area contributed by atoms with Crippen molar-refractivity contribution in [2.45, 2.75) is 0 Å². The molecule has 0 atom stereocenters. The van der Waals surface area contributed by atoms with E-state index in [1.165, 1.54) is 12.3 Å². The number of phenolic OH excluding ortho intramolecular Hbond substituents is 3. The quantitative estimate of drug-likeness (QED) is 0.383.